The minimum Gasteiger partial charge on any atom is -0.444 e. The minimum absolute atomic E-state index is 0.162. The Hall–Kier alpha value is -2.32. The molecule has 9 nitrogen and oxygen atoms in total. The van der Waals surface area contributed by atoms with Crippen molar-refractivity contribution in [1.29, 1.82) is 0 Å². The number of aryl methyl sites for hydroxylation is 1. The Bertz CT molecular complexity index is 585. The summed E-state index contributed by atoms with van der Waals surface area (Å²) in [4.78, 5) is 18.1. The van der Waals surface area contributed by atoms with Gasteiger partial charge in [0, 0.05) is 26.7 Å². The Labute approximate surface area is 142 Å². The van der Waals surface area contributed by atoms with Crippen LogP contribution in [0.25, 0.3) is 0 Å². The summed E-state index contributed by atoms with van der Waals surface area (Å²) in [6, 6.07) is 0.162. The highest BCUT2D eigenvalue weighted by Crippen LogP contribution is 2.15. The minimum atomic E-state index is -0.470. The van der Waals surface area contributed by atoms with Gasteiger partial charge in [0.2, 0.25) is 0 Å². The topological polar surface area (TPSA) is 96.7 Å². The maximum Gasteiger partial charge on any atom is 0.410 e. The molecule has 0 radical (unpaired) electrons. The standard InChI is InChI=1S/C15H27N7O2/c1-6-16-13(17-7-12-20-18-10-21(12)5)19-11-8-22(9-11)14(23)24-15(2,3)4/h10-11H,6-9H2,1-5H3,(H2,16,17,19). The molecule has 1 aromatic rings. The zero-order valence-corrected chi connectivity index (χ0v) is 15.0. The molecule has 24 heavy (non-hydrogen) atoms. The Balaban J connectivity index is 1.82. The van der Waals surface area contributed by atoms with E-state index in [1.54, 1.807) is 11.2 Å². The van der Waals surface area contributed by atoms with E-state index in [2.05, 4.69) is 25.8 Å². The molecule has 1 aliphatic rings. The summed E-state index contributed by atoms with van der Waals surface area (Å²) in [6.07, 6.45) is 1.37. The normalized spacial score (nSPS) is 15.9. The van der Waals surface area contributed by atoms with Gasteiger partial charge in [-0.1, -0.05) is 0 Å². The molecule has 0 aliphatic carbocycles. The van der Waals surface area contributed by atoms with Crippen LogP contribution in [0, 0.1) is 0 Å². The quantitative estimate of drug-likeness (QED) is 0.613. The lowest BCUT2D eigenvalue weighted by Gasteiger charge is -2.40. The van der Waals surface area contributed by atoms with Crippen molar-refractivity contribution in [2.75, 3.05) is 19.6 Å². The highest BCUT2D eigenvalue weighted by atomic mass is 16.6. The molecule has 1 aliphatic heterocycles. The van der Waals surface area contributed by atoms with E-state index < -0.39 is 5.60 Å². The molecular weight excluding hydrogens is 310 g/mol. The first-order chi connectivity index (χ1) is 11.3. The number of hydrogen-bond acceptors (Lipinski definition) is 5. The van der Waals surface area contributed by atoms with Crippen LogP contribution < -0.4 is 10.6 Å². The van der Waals surface area contributed by atoms with Crippen LogP contribution in [0.1, 0.15) is 33.5 Å². The number of likely N-dealkylation sites (tertiary alicyclic amines) is 1. The monoisotopic (exact) mass is 337 g/mol. The molecule has 0 saturated carbocycles. The molecule has 1 fully saturated rings. The van der Waals surface area contributed by atoms with Gasteiger partial charge in [0.15, 0.2) is 11.8 Å². The predicted molar refractivity (Wildman–Crippen MR) is 90.5 cm³/mol. The third-order valence-corrected chi connectivity index (χ3v) is 3.40. The first-order valence-electron chi connectivity index (χ1n) is 8.14. The van der Waals surface area contributed by atoms with Crippen molar-refractivity contribution in [3.05, 3.63) is 12.2 Å². The Morgan fingerprint density at radius 2 is 2.17 bits per heavy atom. The molecule has 1 amide bonds. The number of nitrogens with zero attached hydrogens (tertiary/aromatic N) is 5. The Morgan fingerprint density at radius 1 is 1.46 bits per heavy atom. The van der Waals surface area contributed by atoms with Crippen LogP contribution in [-0.2, 0) is 18.3 Å². The van der Waals surface area contributed by atoms with E-state index in [1.807, 2.05) is 39.3 Å². The number of guanidine groups is 1. The van der Waals surface area contributed by atoms with Gasteiger partial charge in [-0.3, -0.25) is 0 Å². The fourth-order valence-corrected chi connectivity index (χ4v) is 2.16. The maximum atomic E-state index is 11.9. The van der Waals surface area contributed by atoms with Gasteiger partial charge in [0.25, 0.3) is 0 Å². The van der Waals surface area contributed by atoms with Crippen LogP contribution in [-0.4, -0.2) is 63.0 Å². The van der Waals surface area contributed by atoms with Gasteiger partial charge in [-0.25, -0.2) is 9.79 Å². The van der Waals surface area contributed by atoms with Crippen LogP contribution >= 0.6 is 0 Å². The van der Waals surface area contributed by atoms with Crippen LogP contribution in [0.15, 0.2) is 11.3 Å². The van der Waals surface area contributed by atoms with Gasteiger partial charge in [-0.2, -0.15) is 0 Å². The summed E-state index contributed by atoms with van der Waals surface area (Å²) in [5.41, 5.74) is -0.470. The van der Waals surface area contributed by atoms with E-state index >= 15 is 0 Å². The molecule has 1 saturated heterocycles. The predicted octanol–water partition coefficient (Wildman–Crippen LogP) is 0.490. The van der Waals surface area contributed by atoms with Gasteiger partial charge < -0.3 is 24.8 Å². The summed E-state index contributed by atoms with van der Waals surface area (Å²) >= 11 is 0. The highest BCUT2D eigenvalue weighted by molar-refractivity contribution is 5.80. The largest absolute Gasteiger partial charge is 0.444 e. The number of aromatic nitrogens is 3. The summed E-state index contributed by atoms with van der Waals surface area (Å²) in [6.45, 7) is 10.00. The smallest absolute Gasteiger partial charge is 0.410 e. The lowest BCUT2D eigenvalue weighted by atomic mass is 10.1. The average Bonchev–Trinajstić information content (AvgIpc) is 2.82. The number of hydrogen-bond donors (Lipinski definition) is 2. The number of carbonyl (C=O) groups is 1. The van der Waals surface area contributed by atoms with Crippen molar-refractivity contribution in [1.82, 2.24) is 30.3 Å². The average molecular weight is 337 g/mol. The molecule has 0 atom stereocenters. The van der Waals surface area contributed by atoms with E-state index in [4.69, 9.17) is 4.74 Å². The van der Waals surface area contributed by atoms with Crippen molar-refractivity contribution in [2.24, 2.45) is 12.0 Å². The Morgan fingerprint density at radius 3 is 2.71 bits per heavy atom. The zero-order valence-electron chi connectivity index (χ0n) is 15.0. The third kappa shape index (κ3) is 5.10. The number of amides is 1. The van der Waals surface area contributed by atoms with E-state index in [-0.39, 0.29) is 12.1 Å². The van der Waals surface area contributed by atoms with Gasteiger partial charge in [-0.05, 0) is 27.7 Å². The number of carbonyl (C=O) groups excluding carboxylic acids is 1. The van der Waals surface area contributed by atoms with Crippen LogP contribution in [0.3, 0.4) is 0 Å². The summed E-state index contributed by atoms with van der Waals surface area (Å²) in [5, 5.41) is 14.4. The second kappa shape index (κ2) is 7.50. The molecule has 2 N–H and O–H groups in total. The molecule has 1 aromatic heterocycles. The van der Waals surface area contributed by atoms with Crippen molar-refractivity contribution in [2.45, 2.75) is 45.9 Å². The van der Waals surface area contributed by atoms with Crippen molar-refractivity contribution in [3.63, 3.8) is 0 Å². The van der Waals surface area contributed by atoms with Crippen molar-refractivity contribution >= 4 is 12.1 Å². The van der Waals surface area contributed by atoms with Crippen molar-refractivity contribution in [3.8, 4) is 0 Å². The van der Waals surface area contributed by atoms with E-state index in [0.29, 0.717) is 25.6 Å². The second-order valence-electron chi connectivity index (χ2n) is 6.78. The zero-order chi connectivity index (χ0) is 17.7. The number of aliphatic imine (C=N–C) groups is 1. The second-order valence-corrected chi connectivity index (χ2v) is 6.78. The molecule has 0 unspecified atom stereocenters. The first-order valence-corrected chi connectivity index (χ1v) is 8.14. The van der Waals surface area contributed by atoms with Crippen LogP contribution in [0.2, 0.25) is 0 Å². The number of ether oxygens (including phenoxy) is 1. The summed E-state index contributed by atoms with van der Waals surface area (Å²) in [5.74, 6) is 1.49. The molecule has 0 spiro atoms. The molecule has 2 rings (SSSR count). The van der Waals surface area contributed by atoms with Gasteiger partial charge >= 0.3 is 6.09 Å². The highest BCUT2D eigenvalue weighted by Gasteiger charge is 2.34. The first kappa shape index (κ1) is 18.0. The van der Waals surface area contributed by atoms with E-state index in [0.717, 1.165) is 12.4 Å². The van der Waals surface area contributed by atoms with Crippen LogP contribution in [0.4, 0.5) is 4.79 Å². The molecule has 134 valence electrons. The fourth-order valence-electron chi connectivity index (χ4n) is 2.16. The van der Waals surface area contributed by atoms with E-state index in [1.165, 1.54) is 0 Å². The molecule has 9 heteroatoms. The molecule has 0 aromatic carbocycles. The third-order valence-electron chi connectivity index (χ3n) is 3.40. The fraction of sp³-hybridized carbons (Fsp3) is 0.733. The Kier molecular flexibility index (Phi) is 5.63. The van der Waals surface area contributed by atoms with Crippen molar-refractivity contribution < 1.29 is 9.53 Å². The summed E-state index contributed by atoms with van der Waals surface area (Å²) in [7, 11) is 1.88. The van der Waals surface area contributed by atoms with Gasteiger partial charge in [0.1, 0.15) is 18.5 Å². The lowest BCUT2D eigenvalue weighted by Crippen LogP contribution is -2.63. The van der Waals surface area contributed by atoms with Crippen LogP contribution in [0.5, 0.6) is 0 Å². The molecule has 2 heterocycles. The molecule has 0 bridgehead atoms. The summed E-state index contributed by atoms with van der Waals surface area (Å²) < 4.78 is 7.18. The number of nitrogens with one attached hydrogen (secondary N) is 2. The number of rotatable bonds is 4. The van der Waals surface area contributed by atoms with Gasteiger partial charge in [-0.15, -0.1) is 10.2 Å². The van der Waals surface area contributed by atoms with Gasteiger partial charge in [0.05, 0.1) is 6.04 Å². The van der Waals surface area contributed by atoms with E-state index in [9.17, 15) is 4.79 Å². The maximum absolute atomic E-state index is 11.9. The molecular formula is C15H27N7O2. The lowest BCUT2D eigenvalue weighted by molar-refractivity contribution is 0.00701. The SMILES string of the molecule is CCNC(=NCc1nncn1C)NC1CN(C(=O)OC(C)(C)C)C1.